The summed E-state index contributed by atoms with van der Waals surface area (Å²) in [5.41, 5.74) is 0.670. The van der Waals surface area contributed by atoms with Gasteiger partial charge in [-0.15, -0.1) is 11.8 Å². The lowest BCUT2D eigenvalue weighted by Crippen LogP contribution is -2.02. The number of benzene rings is 1. The van der Waals surface area contributed by atoms with Gasteiger partial charge in [-0.25, -0.2) is 0 Å². The fourth-order valence-corrected chi connectivity index (χ4v) is 2.33. The van der Waals surface area contributed by atoms with Gasteiger partial charge in [0.25, 0.3) is 0 Å². The molecule has 0 aromatic heterocycles. The minimum atomic E-state index is -0.276. The fourth-order valence-electron chi connectivity index (χ4n) is 1.06. The van der Waals surface area contributed by atoms with Crippen molar-refractivity contribution >= 4 is 55.7 Å². The second-order valence-electron chi connectivity index (χ2n) is 3.02. The van der Waals surface area contributed by atoms with Crippen LogP contribution >= 0.6 is 43.6 Å². The molecular formula is C11H10Br2O3S. The first-order chi connectivity index (χ1) is 8.02. The molecule has 0 saturated carbocycles. The monoisotopic (exact) mass is 380 g/mol. The molecular weight excluding hydrogens is 372 g/mol. The van der Waals surface area contributed by atoms with E-state index in [1.54, 1.807) is 24.3 Å². The predicted molar refractivity (Wildman–Crippen MR) is 76.7 cm³/mol. The van der Waals surface area contributed by atoms with Crippen molar-refractivity contribution in [1.29, 1.82) is 0 Å². The molecule has 0 radical (unpaired) electrons. The van der Waals surface area contributed by atoms with E-state index >= 15 is 0 Å². The number of rotatable bonds is 4. The first-order valence-corrected chi connectivity index (χ1v) is 7.15. The standard InChI is InChI=1S/C11H10Br2O3S/c1-16-11(15)6-17-8-2-3-9(14)7(4-8)5-10(12)13/h2-5,14H,6H2,1H3. The molecule has 0 spiro atoms. The van der Waals surface area contributed by atoms with E-state index < -0.39 is 0 Å². The number of hydrogen-bond donors (Lipinski definition) is 1. The normalized spacial score (nSPS) is 9.82. The lowest BCUT2D eigenvalue weighted by atomic mass is 10.2. The molecule has 0 atom stereocenters. The van der Waals surface area contributed by atoms with Crippen LogP contribution in [0.4, 0.5) is 0 Å². The van der Waals surface area contributed by atoms with Crippen molar-refractivity contribution in [1.82, 2.24) is 0 Å². The maximum atomic E-state index is 11.0. The van der Waals surface area contributed by atoms with Crippen LogP contribution in [0.2, 0.25) is 0 Å². The van der Waals surface area contributed by atoms with Crippen LogP contribution in [-0.4, -0.2) is 23.9 Å². The summed E-state index contributed by atoms with van der Waals surface area (Å²) in [6.45, 7) is 0. The molecule has 0 amide bonds. The van der Waals surface area contributed by atoms with Crippen LogP contribution in [-0.2, 0) is 9.53 Å². The lowest BCUT2D eigenvalue weighted by molar-refractivity contribution is -0.137. The number of phenolic OH excluding ortho intramolecular Hbond substituents is 1. The van der Waals surface area contributed by atoms with Crippen LogP contribution in [0.15, 0.2) is 26.5 Å². The molecule has 0 aliphatic carbocycles. The topological polar surface area (TPSA) is 46.5 Å². The number of carbonyl (C=O) groups excluding carboxylic acids is 1. The fraction of sp³-hybridized carbons (Fsp3) is 0.182. The van der Waals surface area contributed by atoms with Crippen LogP contribution < -0.4 is 0 Å². The third-order valence-corrected chi connectivity index (χ3v) is 3.27. The van der Waals surface area contributed by atoms with Crippen LogP contribution in [0.3, 0.4) is 0 Å². The summed E-state index contributed by atoms with van der Waals surface area (Å²) >= 11 is 7.82. The van der Waals surface area contributed by atoms with Gasteiger partial charge >= 0.3 is 5.97 Å². The van der Waals surface area contributed by atoms with E-state index in [4.69, 9.17) is 0 Å². The van der Waals surface area contributed by atoms with Gasteiger partial charge in [-0.3, -0.25) is 4.79 Å². The second kappa shape index (κ2) is 7.08. The van der Waals surface area contributed by atoms with E-state index in [2.05, 4.69) is 36.6 Å². The van der Waals surface area contributed by atoms with Crippen molar-refractivity contribution in [3.05, 3.63) is 27.2 Å². The molecule has 0 heterocycles. The van der Waals surface area contributed by atoms with E-state index in [1.165, 1.54) is 18.9 Å². The zero-order valence-corrected chi connectivity index (χ0v) is 12.9. The Balaban J connectivity index is 2.82. The molecule has 0 unspecified atom stereocenters. The summed E-state index contributed by atoms with van der Waals surface area (Å²) < 4.78 is 5.29. The molecule has 0 bridgehead atoms. The molecule has 1 N–H and O–H groups in total. The number of phenols is 1. The zero-order chi connectivity index (χ0) is 12.8. The number of aromatic hydroxyl groups is 1. The Hall–Kier alpha value is -0.460. The third kappa shape index (κ3) is 5.14. The van der Waals surface area contributed by atoms with E-state index in [-0.39, 0.29) is 17.5 Å². The number of methoxy groups -OCH3 is 1. The first-order valence-electron chi connectivity index (χ1n) is 4.58. The van der Waals surface area contributed by atoms with E-state index in [0.29, 0.717) is 5.56 Å². The minimum Gasteiger partial charge on any atom is -0.507 e. The van der Waals surface area contributed by atoms with Crippen molar-refractivity contribution in [2.45, 2.75) is 4.90 Å². The van der Waals surface area contributed by atoms with Crippen molar-refractivity contribution < 1.29 is 14.6 Å². The first kappa shape index (κ1) is 14.6. The van der Waals surface area contributed by atoms with Gasteiger partial charge in [0.05, 0.1) is 16.3 Å². The largest absolute Gasteiger partial charge is 0.507 e. The maximum absolute atomic E-state index is 11.0. The Morgan fingerprint density at radius 2 is 2.24 bits per heavy atom. The van der Waals surface area contributed by atoms with Gasteiger partial charge in [0.1, 0.15) is 5.75 Å². The van der Waals surface area contributed by atoms with Crippen molar-refractivity contribution in [3.63, 3.8) is 0 Å². The Labute approximate surface area is 120 Å². The molecule has 1 aromatic carbocycles. The number of hydrogen-bond acceptors (Lipinski definition) is 4. The smallest absolute Gasteiger partial charge is 0.315 e. The van der Waals surface area contributed by atoms with Gasteiger partial charge in [-0.1, -0.05) is 0 Å². The summed E-state index contributed by atoms with van der Waals surface area (Å²) in [5, 5.41) is 9.62. The summed E-state index contributed by atoms with van der Waals surface area (Å²) in [6, 6.07) is 5.14. The highest BCUT2D eigenvalue weighted by atomic mass is 79.9. The Kier molecular flexibility index (Phi) is 6.08. The van der Waals surface area contributed by atoms with Crippen LogP contribution in [0.5, 0.6) is 5.75 Å². The summed E-state index contributed by atoms with van der Waals surface area (Å²) in [6.07, 6.45) is 1.73. The van der Waals surface area contributed by atoms with Crippen LogP contribution in [0.1, 0.15) is 5.56 Å². The van der Waals surface area contributed by atoms with Gasteiger partial charge in [0, 0.05) is 10.5 Å². The number of halogens is 2. The molecule has 0 saturated heterocycles. The number of carbonyl (C=O) groups is 1. The molecule has 0 aliphatic heterocycles. The van der Waals surface area contributed by atoms with Crippen molar-refractivity contribution in [3.8, 4) is 5.75 Å². The second-order valence-corrected chi connectivity index (χ2v) is 6.84. The van der Waals surface area contributed by atoms with Crippen LogP contribution in [0, 0.1) is 0 Å². The zero-order valence-electron chi connectivity index (χ0n) is 8.94. The van der Waals surface area contributed by atoms with E-state index in [1.807, 2.05) is 0 Å². The lowest BCUT2D eigenvalue weighted by Gasteiger charge is -2.04. The van der Waals surface area contributed by atoms with Gasteiger partial charge in [-0.2, -0.15) is 0 Å². The van der Waals surface area contributed by atoms with E-state index in [9.17, 15) is 9.90 Å². The molecule has 6 heteroatoms. The Morgan fingerprint density at radius 1 is 1.53 bits per heavy atom. The van der Waals surface area contributed by atoms with Crippen LogP contribution in [0.25, 0.3) is 6.08 Å². The average molecular weight is 382 g/mol. The quantitative estimate of drug-likeness (QED) is 0.637. The minimum absolute atomic E-state index is 0.184. The van der Waals surface area contributed by atoms with Crippen molar-refractivity contribution in [2.24, 2.45) is 0 Å². The Bertz CT molecular complexity index is 442. The highest BCUT2D eigenvalue weighted by Crippen LogP contribution is 2.29. The van der Waals surface area contributed by atoms with Crippen molar-refractivity contribution in [2.75, 3.05) is 12.9 Å². The molecule has 0 aliphatic rings. The molecule has 3 nitrogen and oxygen atoms in total. The molecule has 1 aromatic rings. The average Bonchev–Trinajstić information content (AvgIpc) is 2.29. The van der Waals surface area contributed by atoms with E-state index in [0.717, 1.165) is 8.29 Å². The SMILES string of the molecule is COC(=O)CSc1ccc(O)c(C=C(Br)Br)c1. The Morgan fingerprint density at radius 3 is 2.82 bits per heavy atom. The van der Waals surface area contributed by atoms with Gasteiger partial charge in [0.15, 0.2) is 0 Å². The summed E-state index contributed by atoms with van der Waals surface area (Å²) in [4.78, 5) is 11.9. The number of ether oxygens (including phenoxy) is 1. The van der Waals surface area contributed by atoms with Gasteiger partial charge in [0.2, 0.25) is 0 Å². The summed E-state index contributed by atoms with van der Waals surface area (Å²) in [7, 11) is 1.36. The maximum Gasteiger partial charge on any atom is 0.315 e. The molecule has 0 fully saturated rings. The van der Waals surface area contributed by atoms with Gasteiger partial charge < -0.3 is 9.84 Å². The highest BCUT2D eigenvalue weighted by molar-refractivity contribution is 9.28. The third-order valence-electron chi connectivity index (χ3n) is 1.85. The predicted octanol–water partition coefficient (Wildman–Crippen LogP) is 3.75. The van der Waals surface area contributed by atoms with Gasteiger partial charge in [-0.05, 0) is 56.1 Å². The number of thioether (sulfide) groups is 1. The number of esters is 1. The summed E-state index contributed by atoms with van der Waals surface area (Å²) in [5.74, 6) is 0.158. The molecule has 1 rings (SSSR count). The molecule has 17 heavy (non-hydrogen) atoms. The molecule has 92 valence electrons. The highest BCUT2D eigenvalue weighted by Gasteiger charge is 2.05.